The first-order valence-electron chi connectivity index (χ1n) is 6.56. The van der Waals surface area contributed by atoms with Gasteiger partial charge in [-0.15, -0.1) is 0 Å². The second kappa shape index (κ2) is 8.83. The number of rotatable bonds is 8. The van der Waals surface area contributed by atoms with Crippen molar-refractivity contribution in [1.82, 2.24) is 13.9 Å². The third kappa shape index (κ3) is 5.33. The van der Waals surface area contributed by atoms with Gasteiger partial charge in [-0.25, -0.2) is 0 Å². The molecule has 0 aromatic heterocycles. The van der Waals surface area contributed by atoms with Crippen LogP contribution in [-0.4, -0.2) is 83.7 Å². The van der Waals surface area contributed by atoms with Crippen LogP contribution < -0.4 is 5.32 Å². The van der Waals surface area contributed by atoms with Crippen molar-refractivity contribution >= 4 is 10.2 Å². The molecule has 0 aliphatic carbocycles. The van der Waals surface area contributed by atoms with Gasteiger partial charge in [-0.05, 0) is 13.0 Å². The summed E-state index contributed by atoms with van der Waals surface area (Å²) in [6.45, 7) is 4.11. The first-order chi connectivity index (χ1) is 9.12. The zero-order chi connectivity index (χ0) is 14.1. The van der Waals surface area contributed by atoms with Gasteiger partial charge in [0.25, 0.3) is 10.2 Å². The van der Waals surface area contributed by atoms with Gasteiger partial charge in [0.05, 0.1) is 13.2 Å². The third-order valence-corrected chi connectivity index (χ3v) is 5.08. The second-order valence-electron chi connectivity index (χ2n) is 4.40. The Bertz CT molecular complexity index is 321. The summed E-state index contributed by atoms with van der Waals surface area (Å²) in [6, 6.07) is 0. The van der Waals surface area contributed by atoms with Crippen LogP contribution in [0.5, 0.6) is 0 Å². The summed E-state index contributed by atoms with van der Waals surface area (Å²) >= 11 is 0. The lowest BCUT2D eigenvalue weighted by Crippen LogP contribution is -2.47. The first-order valence-corrected chi connectivity index (χ1v) is 7.96. The van der Waals surface area contributed by atoms with E-state index < -0.39 is 10.2 Å². The van der Waals surface area contributed by atoms with E-state index in [1.54, 1.807) is 18.5 Å². The van der Waals surface area contributed by atoms with Crippen molar-refractivity contribution in [3.63, 3.8) is 0 Å². The average Bonchev–Trinajstić information content (AvgIpc) is 2.68. The van der Waals surface area contributed by atoms with Gasteiger partial charge < -0.3 is 14.8 Å². The molecule has 1 aliphatic heterocycles. The quantitative estimate of drug-likeness (QED) is 0.630. The van der Waals surface area contributed by atoms with Gasteiger partial charge >= 0.3 is 0 Å². The largest absolute Gasteiger partial charge is 0.383 e. The van der Waals surface area contributed by atoms with E-state index in [0.29, 0.717) is 45.9 Å². The Morgan fingerprint density at radius 1 is 1.11 bits per heavy atom. The third-order valence-electron chi connectivity index (χ3n) is 3.04. The Morgan fingerprint density at radius 3 is 2.32 bits per heavy atom. The second-order valence-corrected chi connectivity index (χ2v) is 6.32. The lowest BCUT2D eigenvalue weighted by atomic mass is 10.4. The van der Waals surface area contributed by atoms with Gasteiger partial charge in [0.2, 0.25) is 0 Å². The first kappa shape index (κ1) is 16.8. The molecular formula is C11H25N3O4S. The highest BCUT2D eigenvalue weighted by Gasteiger charge is 2.29. The Kier molecular flexibility index (Phi) is 7.81. The zero-order valence-electron chi connectivity index (χ0n) is 11.8. The van der Waals surface area contributed by atoms with Crippen molar-refractivity contribution in [2.24, 2.45) is 0 Å². The molecule has 0 spiro atoms. The molecule has 0 bridgehead atoms. The summed E-state index contributed by atoms with van der Waals surface area (Å²) in [5.74, 6) is 0. The maximum Gasteiger partial charge on any atom is 0.282 e. The molecule has 0 aromatic rings. The predicted octanol–water partition coefficient (Wildman–Crippen LogP) is -0.879. The molecule has 0 aromatic carbocycles. The highest BCUT2D eigenvalue weighted by molar-refractivity contribution is 7.86. The minimum absolute atomic E-state index is 0.353. The number of nitrogens with one attached hydrogen (secondary N) is 1. The molecule has 0 atom stereocenters. The van der Waals surface area contributed by atoms with E-state index in [4.69, 9.17) is 9.47 Å². The highest BCUT2D eigenvalue weighted by Crippen LogP contribution is 2.10. The molecule has 0 amide bonds. The monoisotopic (exact) mass is 295 g/mol. The average molecular weight is 295 g/mol. The fourth-order valence-corrected chi connectivity index (χ4v) is 3.56. The molecule has 1 aliphatic rings. The van der Waals surface area contributed by atoms with Crippen molar-refractivity contribution in [2.45, 2.75) is 6.42 Å². The van der Waals surface area contributed by atoms with Crippen LogP contribution in [-0.2, 0) is 19.7 Å². The minimum Gasteiger partial charge on any atom is -0.383 e. The van der Waals surface area contributed by atoms with Gasteiger partial charge in [0.1, 0.15) is 0 Å². The molecule has 0 unspecified atom stereocenters. The Hall–Kier alpha value is -0.250. The van der Waals surface area contributed by atoms with Crippen LogP contribution in [0.3, 0.4) is 0 Å². The number of hydrogen-bond acceptors (Lipinski definition) is 5. The van der Waals surface area contributed by atoms with Crippen molar-refractivity contribution in [3.05, 3.63) is 0 Å². The highest BCUT2D eigenvalue weighted by atomic mass is 32.2. The van der Waals surface area contributed by atoms with Gasteiger partial charge in [-0.1, -0.05) is 0 Å². The molecule has 1 fully saturated rings. The number of ether oxygens (including phenoxy) is 2. The normalized spacial score (nSPS) is 18.7. The number of nitrogens with zero attached hydrogens (tertiary/aromatic N) is 2. The van der Waals surface area contributed by atoms with Crippen LogP contribution in [0.4, 0.5) is 0 Å². The predicted molar refractivity (Wildman–Crippen MR) is 73.3 cm³/mol. The molecular weight excluding hydrogens is 270 g/mol. The van der Waals surface area contributed by atoms with Gasteiger partial charge in [0.15, 0.2) is 0 Å². The molecule has 1 saturated heterocycles. The summed E-state index contributed by atoms with van der Waals surface area (Å²) in [5.41, 5.74) is 0. The Morgan fingerprint density at radius 2 is 1.74 bits per heavy atom. The maximum absolute atomic E-state index is 12.6. The van der Waals surface area contributed by atoms with Crippen LogP contribution in [0.15, 0.2) is 0 Å². The van der Waals surface area contributed by atoms with E-state index in [1.807, 2.05) is 0 Å². The van der Waals surface area contributed by atoms with Crippen LogP contribution >= 0.6 is 0 Å². The zero-order valence-corrected chi connectivity index (χ0v) is 12.6. The summed E-state index contributed by atoms with van der Waals surface area (Å²) in [5, 5.41) is 3.20. The van der Waals surface area contributed by atoms with Crippen molar-refractivity contribution in [3.8, 4) is 0 Å². The fraction of sp³-hybridized carbons (Fsp3) is 1.00. The van der Waals surface area contributed by atoms with E-state index in [-0.39, 0.29) is 0 Å². The van der Waals surface area contributed by atoms with Crippen LogP contribution in [0.25, 0.3) is 0 Å². The van der Waals surface area contributed by atoms with Crippen LogP contribution in [0.1, 0.15) is 6.42 Å². The fourth-order valence-electron chi connectivity index (χ4n) is 1.94. The van der Waals surface area contributed by atoms with Crippen molar-refractivity contribution in [1.29, 1.82) is 0 Å². The minimum atomic E-state index is -3.43. The van der Waals surface area contributed by atoms with Crippen LogP contribution in [0, 0.1) is 0 Å². The molecule has 7 nitrogen and oxygen atoms in total. The molecule has 19 heavy (non-hydrogen) atoms. The lowest BCUT2D eigenvalue weighted by Gasteiger charge is -2.28. The van der Waals surface area contributed by atoms with E-state index in [9.17, 15) is 8.42 Å². The Balaban J connectivity index is 2.71. The van der Waals surface area contributed by atoms with Crippen molar-refractivity contribution < 1.29 is 17.9 Å². The van der Waals surface area contributed by atoms with E-state index in [0.717, 1.165) is 13.0 Å². The summed E-state index contributed by atoms with van der Waals surface area (Å²) in [6.07, 6.45) is 0.835. The van der Waals surface area contributed by atoms with E-state index in [1.165, 1.54) is 4.31 Å². The summed E-state index contributed by atoms with van der Waals surface area (Å²) < 4.78 is 38.1. The smallest absolute Gasteiger partial charge is 0.282 e. The molecule has 1 N–H and O–H groups in total. The maximum atomic E-state index is 12.6. The number of hydrogen-bond donors (Lipinski definition) is 1. The SMILES string of the molecule is COCCN(CCOC)S(=O)(=O)N1CCCNCC1. The van der Waals surface area contributed by atoms with Crippen LogP contribution in [0.2, 0.25) is 0 Å². The van der Waals surface area contributed by atoms with Crippen molar-refractivity contribution in [2.75, 3.05) is 66.7 Å². The molecule has 1 rings (SSSR count). The number of methoxy groups -OCH3 is 2. The van der Waals surface area contributed by atoms with E-state index in [2.05, 4.69) is 5.32 Å². The lowest BCUT2D eigenvalue weighted by molar-refractivity contribution is 0.147. The molecule has 1 heterocycles. The molecule has 0 radical (unpaired) electrons. The standard InChI is InChI=1S/C11H25N3O4S/c1-17-10-8-14(9-11-18-2)19(15,16)13-6-3-4-12-5-7-13/h12H,3-11H2,1-2H3. The topological polar surface area (TPSA) is 71.1 Å². The summed E-state index contributed by atoms with van der Waals surface area (Å²) in [4.78, 5) is 0. The van der Waals surface area contributed by atoms with Gasteiger partial charge in [-0.2, -0.15) is 17.0 Å². The Labute approximate surface area is 116 Å². The van der Waals surface area contributed by atoms with E-state index >= 15 is 0 Å². The van der Waals surface area contributed by atoms with Gasteiger partial charge in [0, 0.05) is 46.9 Å². The molecule has 0 saturated carbocycles. The molecule has 114 valence electrons. The summed E-state index contributed by atoms with van der Waals surface area (Å²) in [7, 11) is -0.292. The van der Waals surface area contributed by atoms with Gasteiger partial charge in [-0.3, -0.25) is 0 Å². The molecule has 8 heteroatoms.